The van der Waals surface area contributed by atoms with Gasteiger partial charge in [0, 0.05) is 17.5 Å². The molecule has 0 aliphatic heterocycles. The van der Waals surface area contributed by atoms with Crippen LogP contribution in [0.15, 0.2) is 30.5 Å². The number of aryl methyl sites for hydroxylation is 2. The SMILES string of the molecule is CNCCCc1cnc(Cc2cccc(C)c2)s1. The minimum Gasteiger partial charge on any atom is -0.320 e. The van der Waals surface area contributed by atoms with Crippen molar-refractivity contribution in [2.45, 2.75) is 26.2 Å². The molecule has 2 nitrogen and oxygen atoms in total. The lowest BCUT2D eigenvalue weighted by Crippen LogP contribution is -2.07. The Morgan fingerprint density at radius 3 is 3.00 bits per heavy atom. The number of benzene rings is 1. The average molecular weight is 260 g/mol. The van der Waals surface area contributed by atoms with Crippen molar-refractivity contribution >= 4 is 11.3 Å². The van der Waals surface area contributed by atoms with E-state index in [2.05, 4.69) is 41.5 Å². The maximum Gasteiger partial charge on any atom is 0.0971 e. The van der Waals surface area contributed by atoms with Crippen LogP contribution in [0.4, 0.5) is 0 Å². The van der Waals surface area contributed by atoms with Gasteiger partial charge in [-0.25, -0.2) is 4.98 Å². The molecule has 0 unspecified atom stereocenters. The van der Waals surface area contributed by atoms with Crippen LogP contribution >= 0.6 is 11.3 Å². The summed E-state index contributed by atoms with van der Waals surface area (Å²) in [5, 5.41) is 4.40. The predicted octanol–water partition coefficient (Wildman–Crippen LogP) is 3.19. The molecule has 1 aromatic heterocycles. The van der Waals surface area contributed by atoms with Crippen molar-refractivity contribution in [3.8, 4) is 0 Å². The first kappa shape index (κ1) is 13.2. The lowest BCUT2D eigenvalue weighted by Gasteiger charge is -1.99. The first-order chi connectivity index (χ1) is 8.78. The molecule has 0 saturated heterocycles. The lowest BCUT2D eigenvalue weighted by molar-refractivity contribution is 0.729. The van der Waals surface area contributed by atoms with Crippen LogP contribution in [0.1, 0.15) is 27.4 Å². The second-order valence-electron chi connectivity index (χ2n) is 4.59. The monoisotopic (exact) mass is 260 g/mol. The van der Waals surface area contributed by atoms with Gasteiger partial charge in [0.15, 0.2) is 0 Å². The molecule has 3 heteroatoms. The van der Waals surface area contributed by atoms with E-state index >= 15 is 0 Å². The maximum atomic E-state index is 4.52. The molecule has 0 radical (unpaired) electrons. The molecule has 96 valence electrons. The predicted molar refractivity (Wildman–Crippen MR) is 78.3 cm³/mol. The fraction of sp³-hybridized carbons (Fsp3) is 0.400. The second-order valence-corrected chi connectivity index (χ2v) is 5.79. The zero-order valence-corrected chi connectivity index (χ0v) is 11.9. The van der Waals surface area contributed by atoms with E-state index in [9.17, 15) is 0 Å². The van der Waals surface area contributed by atoms with E-state index in [0.29, 0.717) is 0 Å². The third-order valence-electron chi connectivity index (χ3n) is 2.89. The standard InChI is InChI=1S/C15H20N2S/c1-12-5-3-6-13(9-12)10-15-17-11-14(18-15)7-4-8-16-2/h3,5-6,9,11,16H,4,7-8,10H2,1-2H3. The smallest absolute Gasteiger partial charge is 0.0971 e. The third-order valence-corrected chi connectivity index (χ3v) is 3.95. The van der Waals surface area contributed by atoms with Gasteiger partial charge in [0.05, 0.1) is 5.01 Å². The van der Waals surface area contributed by atoms with E-state index in [1.54, 1.807) is 0 Å². The molecule has 0 aliphatic rings. The summed E-state index contributed by atoms with van der Waals surface area (Å²) in [6.45, 7) is 3.21. The van der Waals surface area contributed by atoms with Crippen molar-refractivity contribution in [2.24, 2.45) is 0 Å². The van der Waals surface area contributed by atoms with E-state index in [-0.39, 0.29) is 0 Å². The van der Waals surface area contributed by atoms with Crippen LogP contribution < -0.4 is 5.32 Å². The van der Waals surface area contributed by atoms with Gasteiger partial charge in [-0.15, -0.1) is 11.3 Å². The van der Waals surface area contributed by atoms with Crippen LogP contribution in [0.2, 0.25) is 0 Å². The molecular weight excluding hydrogens is 240 g/mol. The highest BCUT2D eigenvalue weighted by atomic mass is 32.1. The molecule has 2 aromatic rings. The van der Waals surface area contributed by atoms with E-state index in [4.69, 9.17) is 0 Å². The summed E-state index contributed by atoms with van der Waals surface area (Å²) < 4.78 is 0. The molecule has 1 heterocycles. The highest BCUT2D eigenvalue weighted by molar-refractivity contribution is 7.11. The minimum atomic E-state index is 0.957. The van der Waals surface area contributed by atoms with Crippen LogP contribution in [0, 0.1) is 6.92 Å². The van der Waals surface area contributed by atoms with Crippen LogP contribution in [0.25, 0.3) is 0 Å². The van der Waals surface area contributed by atoms with E-state index in [1.807, 2.05) is 24.6 Å². The van der Waals surface area contributed by atoms with Crippen LogP contribution in [-0.4, -0.2) is 18.6 Å². The fourth-order valence-corrected chi connectivity index (χ4v) is 2.98. The molecule has 1 N–H and O–H groups in total. The molecule has 0 spiro atoms. The largest absolute Gasteiger partial charge is 0.320 e. The maximum absolute atomic E-state index is 4.52. The van der Waals surface area contributed by atoms with E-state index < -0.39 is 0 Å². The average Bonchev–Trinajstić information content (AvgIpc) is 2.77. The summed E-state index contributed by atoms with van der Waals surface area (Å²) in [5.74, 6) is 0. The zero-order valence-electron chi connectivity index (χ0n) is 11.1. The Kier molecular flexibility index (Phi) is 4.90. The number of hydrogen-bond acceptors (Lipinski definition) is 3. The summed E-state index contributed by atoms with van der Waals surface area (Å²) in [6, 6.07) is 8.66. The number of nitrogens with one attached hydrogen (secondary N) is 1. The molecule has 0 bridgehead atoms. The van der Waals surface area contributed by atoms with Gasteiger partial charge in [-0.2, -0.15) is 0 Å². The van der Waals surface area contributed by atoms with Crippen molar-refractivity contribution in [1.29, 1.82) is 0 Å². The number of nitrogens with zero attached hydrogens (tertiary/aromatic N) is 1. The number of hydrogen-bond donors (Lipinski definition) is 1. The van der Waals surface area contributed by atoms with E-state index in [1.165, 1.54) is 27.4 Å². The molecule has 0 saturated carbocycles. The van der Waals surface area contributed by atoms with Gasteiger partial charge in [-0.3, -0.25) is 0 Å². The van der Waals surface area contributed by atoms with Crippen LogP contribution in [-0.2, 0) is 12.8 Å². The first-order valence-electron chi connectivity index (χ1n) is 6.41. The molecule has 0 fully saturated rings. The zero-order chi connectivity index (χ0) is 12.8. The summed E-state index contributed by atoms with van der Waals surface area (Å²) in [6.07, 6.45) is 5.30. The Morgan fingerprint density at radius 2 is 2.22 bits per heavy atom. The summed E-state index contributed by atoms with van der Waals surface area (Å²) >= 11 is 1.85. The molecule has 2 rings (SSSR count). The third kappa shape index (κ3) is 3.93. The molecule has 1 aromatic carbocycles. The Bertz CT molecular complexity index is 491. The molecule has 0 atom stereocenters. The normalized spacial score (nSPS) is 10.8. The highest BCUT2D eigenvalue weighted by Crippen LogP contribution is 2.18. The van der Waals surface area contributed by atoms with Crippen LogP contribution in [0.5, 0.6) is 0 Å². The van der Waals surface area contributed by atoms with Gasteiger partial charge in [0.2, 0.25) is 0 Å². The van der Waals surface area contributed by atoms with Crippen molar-refractivity contribution in [3.63, 3.8) is 0 Å². The Balaban J connectivity index is 1.94. The second kappa shape index (κ2) is 6.66. The van der Waals surface area contributed by atoms with Crippen molar-refractivity contribution < 1.29 is 0 Å². The molecule has 0 amide bonds. The van der Waals surface area contributed by atoms with Crippen molar-refractivity contribution in [2.75, 3.05) is 13.6 Å². The van der Waals surface area contributed by atoms with E-state index in [0.717, 1.165) is 19.4 Å². The fourth-order valence-electron chi connectivity index (χ4n) is 1.98. The van der Waals surface area contributed by atoms with Gasteiger partial charge < -0.3 is 5.32 Å². The number of rotatable bonds is 6. The number of thiazole rings is 1. The summed E-state index contributed by atoms with van der Waals surface area (Å²) in [5.41, 5.74) is 2.67. The Hall–Kier alpha value is -1.19. The topological polar surface area (TPSA) is 24.9 Å². The number of aromatic nitrogens is 1. The van der Waals surface area contributed by atoms with Gasteiger partial charge in [-0.05, 0) is 38.9 Å². The summed E-state index contributed by atoms with van der Waals surface area (Å²) in [4.78, 5) is 5.91. The Morgan fingerprint density at radius 1 is 1.33 bits per heavy atom. The molecule has 0 aliphatic carbocycles. The van der Waals surface area contributed by atoms with Crippen molar-refractivity contribution in [3.05, 3.63) is 51.5 Å². The summed E-state index contributed by atoms with van der Waals surface area (Å²) in [7, 11) is 2.00. The molecular formula is C15H20N2S. The first-order valence-corrected chi connectivity index (χ1v) is 7.23. The van der Waals surface area contributed by atoms with Crippen molar-refractivity contribution in [1.82, 2.24) is 10.3 Å². The Labute approximate surface area is 113 Å². The van der Waals surface area contributed by atoms with Gasteiger partial charge in [0.1, 0.15) is 0 Å². The van der Waals surface area contributed by atoms with Gasteiger partial charge >= 0.3 is 0 Å². The van der Waals surface area contributed by atoms with Gasteiger partial charge in [0.25, 0.3) is 0 Å². The quantitative estimate of drug-likeness (QED) is 0.807. The highest BCUT2D eigenvalue weighted by Gasteiger charge is 2.03. The van der Waals surface area contributed by atoms with Crippen LogP contribution in [0.3, 0.4) is 0 Å². The minimum absolute atomic E-state index is 0.957. The molecule has 18 heavy (non-hydrogen) atoms. The van der Waals surface area contributed by atoms with Gasteiger partial charge in [-0.1, -0.05) is 29.8 Å². The lowest BCUT2D eigenvalue weighted by atomic mass is 10.1.